The van der Waals surface area contributed by atoms with Crippen molar-refractivity contribution < 1.29 is 14.3 Å². The third-order valence-electron chi connectivity index (χ3n) is 2.31. The van der Waals surface area contributed by atoms with E-state index in [0.717, 1.165) is 17.8 Å². The van der Waals surface area contributed by atoms with Crippen molar-refractivity contribution in [3.8, 4) is 0 Å². The Bertz CT molecular complexity index is 423. The number of thiazole rings is 1. The average Bonchev–Trinajstić information content (AvgIpc) is 2.69. The van der Waals surface area contributed by atoms with E-state index < -0.39 is 5.97 Å². The van der Waals surface area contributed by atoms with Gasteiger partial charge in [0.15, 0.2) is 11.5 Å². The van der Waals surface area contributed by atoms with Crippen LogP contribution in [0.1, 0.15) is 52.4 Å². The molecule has 0 fully saturated rings. The molecule has 0 atom stereocenters. The maximum Gasteiger partial charge on any atom is 0.358 e. The summed E-state index contributed by atoms with van der Waals surface area (Å²) in [5.74, 6) is -0.109. The Kier molecular flexibility index (Phi) is 4.81. The molecule has 1 rings (SSSR count). The second-order valence-corrected chi connectivity index (χ2v) is 5.35. The van der Waals surface area contributed by atoms with Crippen molar-refractivity contribution in [2.24, 2.45) is 5.92 Å². The van der Waals surface area contributed by atoms with Crippen LogP contribution in [0.3, 0.4) is 0 Å². The molecule has 0 aliphatic carbocycles. The number of Topliss-reactive ketones (excluding diaryl/α,β-unsaturated/α-hetero) is 1. The molecule has 5 heteroatoms. The van der Waals surface area contributed by atoms with E-state index >= 15 is 0 Å². The molecule has 0 spiro atoms. The van der Waals surface area contributed by atoms with Gasteiger partial charge in [-0.3, -0.25) is 4.79 Å². The second-order valence-electron chi connectivity index (χ2n) is 4.27. The Balaban J connectivity index is 2.96. The molecule has 1 heterocycles. The van der Waals surface area contributed by atoms with Gasteiger partial charge in [0.2, 0.25) is 0 Å². The van der Waals surface area contributed by atoms with Gasteiger partial charge < -0.3 is 4.74 Å². The van der Waals surface area contributed by atoms with Gasteiger partial charge in [-0.15, -0.1) is 11.3 Å². The smallest absolute Gasteiger partial charge is 0.358 e. The normalized spacial score (nSPS) is 10.6. The maximum atomic E-state index is 11.5. The van der Waals surface area contributed by atoms with E-state index in [2.05, 4.69) is 23.6 Å². The molecule has 0 saturated carbocycles. The predicted octanol–water partition coefficient (Wildman–Crippen LogP) is 2.72. The number of carbonyl (C=O) groups is 2. The zero-order chi connectivity index (χ0) is 13.0. The Morgan fingerprint density at radius 1 is 1.41 bits per heavy atom. The highest BCUT2D eigenvalue weighted by Crippen LogP contribution is 2.22. The van der Waals surface area contributed by atoms with E-state index in [1.54, 1.807) is 0 Å². The van der Waals surface area contributed by atoms with E-state index in [1.807, 2.05) is 0 Å². The minimum absolute atomic E-state index is 0.140. The third kappa shape index (κ3) is 3.63. The van der Waals surface area contributed by atoms with Crippen LogP contribution in [0.25, 0.3) is 0 Å². The van der Waals surface area contributed by atoms with Crippen molar-refractivity contribution in [3.05, 3.63) is 15.6 Å². The zero-order valence-corrected chi connectivity index (χ0v) is 11.4. The number of esters is 1. The van der Waals surface area contributed by atoms with Gasteiger partial charge in [0.25, 0.3) is 0 Å². The fraction of sp³-hybridized carbons (Fsp3) is 0.583. The van der Waals surface area contributed by atoms with Gasteiger partial charge >= 0.3 is 5.97 Å². The number of rotatable bonds is 5. The summed E-state index contributed by atoms with van der Waals surface area (Å²) >= 11 is 1.29. The molecule has 0 radical (unpaired) electrons. The van der Waals surface area contributed by atoms with Crippen molar-refractivity contribution >= 4 is 23.1 Å². The molecule has 0 aliphatic rings. The molecule has 0 aliphatic heterocycles. The van der Waals surface area contributed by atoms with Crippen LogP contribution in [-0.4, -0.2) is 23.8 Å². The highest BCUT2D eigenvalue weighted by atomic mass is 32.1. The van der Waals surface area contributed by atoms with E-state index in [9.17, 15) is 9.59 Å². The predicted molar refractivity (Wildman–Crippen MR) is 66.6 cm³/mol. The van der Waals surface area contributed by atoms with Crippen molar-refractivity contribution in [2.75, 3.05) is 7.11 Å². The number of carbonyl (C=O) groups excluding carboxylic acids is 2. The van der Waals surface area contributed by atoms with E-state index in [-0.39, 0.29) is 11.5 Å². The second kappa shape index (κ2) is 5.91. The molecule has 0 unspecified atom stereocenters. The quantitative estimate of drug-likeness (QED) is 0.599. The number of aryl methyl sites for hydroxylation is 1. The van der Waals surface area contributed by atoms with Crippen LogP contribution < -0.4 is 0 Å². The molecule has 0 bridgehead atoms. The first kappa shape index (κ1) is 13.8. The molecular weight excluding hydrogens is 238 g/mol. The van der Waals surface area contributed by atoms with Gasteiger partial charge in [-0.2, -0.15) is 0 Å². The lowest BCUT2D eigenvalue weighted by atomic mass is 10.1. The van der Waals surface area contributed by atoms with Gasteiger partial charge in [0.05, 0.1) is 12.1 Å². The first-order chi connectivity index (χ1) is 7.95. The summed E-state index contributed by atoms with van der Waals surface area (Å²) in [5, 5.41) is 0.823. The SMILES string of the molecule is COC(=O)c1nc(CCC(C)C)sc1C(C)=O. The first-order valence-electron chi connectivity index (χ1n) is 5.54. The van der Waals surface area contributed by atoms with Gasteiger partial charge in [-0.05, 0) is 18.8 Å². The van der Waals surface area contributed by atoms with Crippen LogP contribution in [0, 0.1) is 5.92 Å². The van der Waals surface area contributed by atoms with Crippen molar-refractivity contribution in [1.29, 1.82) is 0 Å². The monoisotopic (exact) mass is 255 g/mol. The fourth-order valence-electron chi connectivity index (χ4n) is 1.36. The maximum absolute atomic E-state index is 11.5. The largest absolute Gasteiger partial charge is 0.464 e. The summed E-state index contributed by atoms with van der Waals surface area (Å²) in [7, 11) is 1.29. The number of ether oxygens (including phenoxy) is 1. The van der Waals surface area contributed by atoms with E-state index in [4.69, 9.17) is 0 Å². The molecular formula is C12H17NO3S. The van der Waals surface area contributed by atoms with Crippen LogP contribution >= 0.6 is 11.3 Å². The summed E-state index contributed by atoms with van der Waals surface area (Å²) in [6, 6.07) is 0. The Labute approximate surface area is 105 Å². The van der Waals surface area contributed by atoms with Crippen LogP contribution in [0.2, 0.25) is 0 Å². The van der Waals surface area contributed by atoms with Crippen molar-refractivity contribution in [3.63, 3.8) is 0 Å². The van der Waals surface area contributed by atoms with Crippen LogP contribution in [0.4, 0.5) is 0 Å². The summed E-state index contributed by atoms with van der Waals surface area (Å²) in [5.41, 5.74) is 0.156. The van der Waals surface area contributed by atoms with E-state index in [1.165, 1.54) is 25.4 Å². The number of hydrogen-bond donors (Lipinski definition) is 0. The molecule has 0 N–H and O–H groups in total. The summed E-state index contributed by atoms with van der Waals surface area (Å²) in [6.07, 6.45) is 1.78. The van der Waals surface area contributed by atoms with Gasteiger partial charge in [-0.25, -0.2) is 9.78 Å². The van der Waals surface area contributed by atoms with Crippen molar-refractivity contribution in [2.45, 2.75) is 33.6 Å². The number of aromatic nitrogens is 1. The van der Waals surface area contributed by atoms with Gasteiger partial charge in [0, 0.05) is 6.92 Å². The number of nitrogens with zero attached hydrogens (tertiary/aromatic N) is 1. The fourth-order valence-corrected chi connectivity index (χ4v) is 2.32. The standard InChI is InChI=1S/C12H17NO3S/c1-7(2)5-6-9-13-10(12(15)16-4)11(17-9)8(3)14/h7H,5-6H2,1-4H3. The van der Waals surface area contributed by atoms with Gasteiger partial charge in [-0.1, -0.05) is 13.8 Å². The summed E-state index contributed by atoms with van der Waals surface area (Å²) < 4.78 is 4.62. The lowest BCUT2D eigenvalue weighted by Crippen LogP contribution is -2.07. The highest BCUT2D eigenvalue weighted by molar-refractivity contribution is 7.14. The molecule has 94 valence electrons. The molecule has 4 nitrogen and oxygen atoms in total. The Morgan fingerprint density at radius 2 is 2.06 bits per heavy atom. The topological polar surface area (TPSA) is 56.3 Å². The van der Waals surface area contributed by atoms with Crippen molar-refractivity contribution in [1.82, 2.24) is 4.98 Å². The number of hydrogen-bond acceptors (Lipinski definition) is 5. The molecule has 0 aromatic carbocycles. The van der Waals surface area contributed by atoms with Crippen LogP contribution in [0.15, 0.2) is 0 Å². The Hall–Kier alpha value is -1.23. The summed E-state index contributed by atoms with van der Waals surface area (Å²) in [6.45, 7) is 5.69. The van der Waals surface area contributed by atoms with Crippen LogP contribution in [0.5, 0.6) is 0 Å². The number of ketones is 1. The summed E-state index contributed by atoms with van der Waals surface area (Å²) in [4.78, 5) is 27.5. The van der Waals surface area contributed by atoms with Gasteiger partial charge in [0.1, 0.15) is 4.88 Å². The number of methoxy groups -OCH3 is 1. The lowest BCUT2D eigenvalue weighted by Gasteiger charge is -2.00. The molecule has 0 amide bonds. The minimum Gasteiger partial charge on any atom is -0.464 e. The molecule has 17 heavy (non-hydrogen) atoms. The minimum atomic E-state index is -0.540. The zero-order valence-electron chi connectivity index (χ0n) is 10.6. The molecule has 1 aromatic heterocycles. The Morgan fingerprint density at radius 3 is 2.53 bits per heavy atom. The third-order valence-corrected chi connectivity index (χ3v) is 3.52. The molecule has 0 saturated heterocycles. The average molecular weight is 255 g/mol. The lowest BCUT2D eigenvalue weighted by molar-refractivity contribution is 0.0591. The highest BCUT2D eigenvalue weighted by Gasteiger charge is 2.21. The molecule has 1 aromatic rings. The van der Waals surface area contributed by atoms with Crippen LogP contribution in [-0.2, 0) is 11.2 Å². The first-order valence-corrected chi connectivity index (χ1v) is 6.36. The van der Waals surface area contributed by atoms with E-state index in [0.29, 0.717) is 10.8 Å².